The molecule has 1 N–H and O–H groups in total. The first kappa shape index (κ1) is 10.2. The van der Waals surface area contributed by atoms with Gasteiger partial charge in [0.15, 0.2) is 0 Å². The Hall–Kier alpha value is -1.29. The minimum absolute atomic E-state index is 0.164. The van der Waals surface area contributed by atoms with Gasteiger partial charge in [-0.15, -0.1) is 0 Å². The van der Waals surface area contributed by atoms with Crippen LogP contribution < -0.4 is 5.32 Å². The van der Waals surface area contributed by atoms with Crippen molar-refractivity contribution in [1.82, 2.24) is 10.2 Å². The summed E-state index contributed by atoms with van der Waals surface area (Å²) in [6.45, 7) is 4.04. The number of nitrogens with one attached hydrogen (secondary N) is 1. The van der Waals surface area contributed by atoms with Crippen molar-refractivity contribution >= 4 is 5.91 Å². The molecule has 4 nitrogen and oxygen atoms in total. The Morgan fingerprint density at radius 3 is 3.20 bits per heavy atom. The van der Waals surface area contributed by atoms with Crippen LogP contribution in [-0.2, 0) is 11.3 Å². The van der Waals surface area contributed by atoms with Crippen LogP contribution in [0.15, 0.2) is 22.8 Å². The molecule has 0 spiro atoms. The van der Waals surface area contributed by atoms with Crippen LogP contribution in [0.1, 0.15) is 19.1 Å². The molecule has 1 aromatic heterocycles. The van der Waals surface area contributed by atoms with Crippen LogP contribution in [0.2, 0.25) is 0 Å². The molecule has 2 heterocycles. The van der Waals surface area contributed by atoms with Crippen LogP contribution in [0.5, 0.6) is 0 Å². The van der Waals surface area contributed by atoms with Gasteiger partial charge in [-0.05, 0) is 18.6 Å². The van der Waals surface area contributed by atoms with Crippen molar-refractivity contribution < 1.29 is 9.21 Å². The lowest BCUT2D eigenvalue weighted by atomic mass is 10.2. The summed E-state index contributed by atoms with van der Waals surface area (Å²) in [5, 5.41) is 3.38. The van der Waals surface area contributed by atoms with Crippen molar-refractivity contribution in [3.63, 3.8) is 0 Å². The summed E-state index contributed by atoms with van der Waals surface area (Å²) in [7, 11) is 0. The lowest BCUT2D eigenvalue weighted by molar-refractivity contribution is -0.127. The van der Waals surface area contributed by atoms with Crippen molar-refractivity contribution in [2.75, 3.05) is 13.1 Å². The van der Waals surface area contributed by atoms with Crippen LogP contribution in [0.3, 0.4) is 0 Å². The molecule has 1 unspecified atom stereocenters. The van der Waals surface area contributed by atoms with Gasteiger partial charge in [0.1, 0.15) is 5.76 Å². The molecule has 82 valence electrons. The molecule has 1 aliphatic rings. The van der Waals surface area contributed by atoms with Gasteiger partial charge in [0, 0.05) is 26.1 Å². The van der Waals surface area contributed by atoms with Gasteiger partial charge in [0.25, 0.3) is 0 Å². The first-order valence-corrected chi connectivity index (χ1v) is 5.27. The van der Waals surface area contributed by atoms with E-state index in [1.54, 1.807) is 13.2 Å². The third-order valence-electron chi connectivity index (χ3n) is 2.78. The fourth-order valence-corrected chi connectivity index (χ4v) is 1.87. The topological polar surface area (TPSA) is 45.5 Å². The van der Waals surface area contributed by atoms with Crippen LogP contribution in [0, 0.1) is 0 Å². The minimum atomic E-state index is 0.164. The molecule has 4 heteroatoms. The van der Waals surface area contributed by atoms with E-state index in [1.165, 1.54) is 0 Å². The molecule has 2 rings (SSSR count). The average molecular weight is 208 g/mol. The van der Waals surface area contributed by atoms with Crippen LogP contribution in [0.25, 0.3) is 0 Å². The molecule has 0 aromatic carbocycles. The molecule has 0 radical (unpaired) electrons. The van der Waals surface area contributed by atoms with Gasteiger partial charge in [-0.1, -0.05) is 0 Å². The summed E-state index contributed by atoms with van der Waals surface area (Å²) < 4.78 is 5.22. The number of likely N-dealkylation sites (tertiary alicyclic amines) is 1. The van der Waals surface area contributed by atoms with Crippen molar-refractivity contribution in [3.05, 3.63) is 24.2 Å². The maximum atomic E-state index is 11.1. The second-order valence-electron chi connectivity index (χ2n) is 3.91. The van der Waals surface area contributed by atoms with E-state index in [0.717, 1.165) is 31.8 Å². The zero-order valence-corrected chi connectivity index (χ0v) is 8.90. The number of hydrogen-bond donors (Lipinski definition) is 1. The Labute approximate surface area is 89.2 Å². The number of furan rings is 1. The Morgan fingerprint density at radius 1 is 1.73 bits per heavy atom. The molecule has 1 atom stereocenters. The normalized spacial score (nSPS) is 20.9. The summed E-state index contributed by atoms with van der Waals surface area (Å²) in [5.74, 6) is 1.11. The molecule has 0 saturated carbocycles. The van der Waals surface area contributed by atoms with Gasteiger partial charge in [-0.2, -0.15) is 0 Å². The maximum Gasteiger partial charge on any atom is 0.219 e. The van der Waals surface area contributed by atoms with E-state index >= 15 is 0 Å². The van der Waals surface area contributed by atoms with Crippen LogP contribution in [0.4, 0.5) is 0 Å². The van der Waals surface area contributed by atoms with Crippen molar-refractivity contribution in [2.45, 2.75) is 25.9 Å². The van der Waals surface area contributed by atoms with Gasteiger partial charge in [-0.25, -0.2) is 0 Å². The summed E-state index contributed by atoms with van der Waals surface area (Å²) >= 11 is 0. The van der Waals surface area contributed by atoms with Crippen molar-refractivity contribution in [2.24, 2.45) is 0 Å². The van der Waals surface area contributed by atoms with Gasteiger partial charge >= 0.3 is 0 Å². The van der Waals surface area contributed by atoms with E-state index < -0.39 is 0 Å². The monoisotopic (exact) mass is 208 g/mol. The molecule has 0 aliphatic carbocycles. The zero-order valence-electron chi connectivity index (χ0n) is 8.90. The van der Waals surface area contributed by atoms with Crippen molar-refractivity contribution in [1.29, 1.82) is 0 Å². The fraction of sp³-hybridized carbons (Fsp3) is 0.545. The van der Waals surface area contributed by atoms with Gasteiger partial charge in [-0.3, -0.25) is 4.79 Å². The first-order valence-electron chi connectivity index (χ1n) is 5.27. The molecule has 0 bridgehead atoms. The molecule has 1 saturated heterocycles. The van der Waals surface area contributed by atoms with Gasteiger partial charge < -0.3 is 14.6 Å². The van der Waals surface area contributed by atoms with E-state index in [2.05, 4.69) is 5.32 Å². The molecule has 1 aliphatic heterocycles. The van der Waals surface area contributed by atoms with Crippen molar-refractivity contribution in [3.8, 4) is 0 Å². The third kappa shape index (κ3) is 2.59. The van der Waals surface area contributed by atoms with E-state index in [0.29, 0.717) is 6.04 Å². The molecule has 1 amide bonds. The molecular weight excluding hydrogens is 192 g/mol. The molecule has 15 heavy (non-hydrogen) atoms. The highest BCUT2D eigenvalue weighted by atomic mass is 16.3. The van der Waals surface area contributed by atoms with E-state index in [1.807, 2.05) is 17.0 Å². The zero-order chi connectivity index (χ0) is 10.7. The number of hydrogen-bond acceptors (Lipinski definition) is 3. The Bertz CT molecular complexity index is 321. The predicted molar refractivity (Wildman–Crippen MR) is 56.2 cm³/mol. The van der Waals surface area contributed by atoms with Gasteiger partial charge in [0.2, 0.25) is 5.91 Å². The minimum Gasteiger partial charge on any atom is -0.468 e. The number of carbonyl (C=O) groups is 1. The molecule has 1 fully saturated rings. The number of amides is 1. The highest BCUT2D eigenvalue weighted by Crippen LogP contribution is 2.10. The van der Waals surface area contributed by atoms with E-state index in [9.17, 15) is 4.79 Å². The largest absolute Gasteiger partial charge is 0.468 e. The highest BCUT2D eigenvalue weighted by Gasteiger charge is 2.23. The molecule has 1 aromatic rings. The molecular formula is C11H16N2O2. The predicted octanol–water partition coefficient (Wildman–Crippen LogP) is 0.990. The lowest BCUT2D eigenvalue weighted by Gasteiger charge is -2.14. The van der Waals surface area contributed by atoms with Gasteiger partial charge in [0.05, 0.1) is 12.8 Å². The smallest absolute Gasteiger partial charge is 0.219 e. The Balaban J connectivity index is 1.75. The lowest BCUT2D eigenvalue weighted by Crippen LogP contribution is -2.33. The number of carbonyl (C=O) groups excluding carboxylic acids is 1. The van der Waals surface area contributed by atoms with E-state index in [4.69, 9.17) is 4.42 Å². The quantitative estimate of drug-likeness (QED) is 0.805. The van der Waals surface area contributed by atoms with E-state index in [-0.39, 0.29) is 5.91 Å². The number of nitrogens with zero attached hydrogens (tertiary/aromatic N) is 1. The van der Waals surface area contributed by atoms with Crippen LogP contribution >= 0.6 is 0 Å². The number of rotatable bonds is 3. The summed E-state index contributed by atoms with van der Waals surface area (Å²) in [5.41, 5.74) is 0. The second-order valence-corrected chi connectivity index (χ2v) is 3.91. The highest BCUT2D eigenvalue weighted by molar-refractivity contribution is 5.73. The SMILES string of the molecule is CC(=O)N1CCC(NCc2ccco2)C1. The summed E-state index contributed by atoms with van der Waals surface area (Å²) in [4.78, 5) is 13.0. The maximum absolute atomic E-state index is 11.1. The fourth-order valence-electron chi connectivity index (χ4n) is 1.87. The first-order chi connectivity index (χ1) is 7.25. The van der Waals surface area contributed by atoms with Crippen LogP contribution in [-0.4, -0.2) is 29.9 Å². The summed E-state index contributed by atoms with van der Waals surface area (Å²) in [6.07, 6.45) is 2.70. The summed E-state index contributed by atoms with van der Waals surface area (Å²) in [6, 6.07) is 4.23. The average Bonchev–Trinajstić information content (AvgIpc) is 2.86. The Kier molecular flexibility index (Phi) is 3.06. The standard InChI is InChI=1S/C11H16N2O2/c1-9(14)13-5-4-10(8-13)12-7-11-3-2-6-15-11/h2-3,6,10,12H,4-5,7-8H2,1H3. The second kappa shape index (κ2) is 4.49. The third-order valence-corrected chi connectivity index (χ3v) is 2.78. The Morgan fingerprint density at radius 2 is 2.60 bits per heavy atom.